The second-order valence-corrected chi connectivity index (χ2v) is 6.37. The van der Waals surface area contributed by atoms with Crippen LogP contribution < -0.4 is 0 Å². The molecule has 0 aromatic carbocycles. The van der Waals surface area contributed by atoms with Crippen molar-refractivity contribution >= 4 is 17.8 Å². The number of imide groups is 1. The largest absolute Gasteiger partial charge is 0.397 e. The fraction of sp³-hybridized carbons (Fsp3) is 0.824. The lowest BCUT2D eigenvalue weighted by atomic mass is 10.4. The normalized spacial score (nSPS) is 19.9. The van der Waals surface area contributed by atoms with Crippen LogP contribution in [0.25, 0.3) is 0 Å². The molecule has 0 atom stereocenters. The maximum absolute atomic E-state index is 11.6. The molecule has 160 valence electrons. The van der Waals surface area contributed by atoms with Gasteiger partial charge in [-0.15, -0.1) is 0 Å². The van der Waals surface area contributed by atoms with E-state index in [1.54, 1.807) is 0 Å². The van der Waals surface area contributed by atoms with E-state index in [1.807, 2.05) is 0 Å². The molecule has 0 bridgehead atoms. The zero-order chi connectivity index (χ0) is 20.2. The number of hydrogen-bond donors (Lipinski definition) is 1. The van der Waals surface area contributed by atoms with Gasteiger partial charge in [-0.05, 0) is 0 Å². The molecule has 2 fully saturated rings. The molecule has 0 spiro atoms. The van der Waals surface area contributed by atoms with Crippen LogP contribution in [0.15, 0.2) is 0 Å². The predicted molar refractivity (Wildman–Crippen MR) is 91.7 cm³/mol. The van der Waals surface area contributed by atoms with Crippen LogP contribution in [0.4, 0.5) is 0 Å². The molecule has 2 aliphatic rings. The topological polar surface area (TPSA) is 121 Å². The van der Waals surface area contributed by atoms with Crippen molar-refractivity contribution in [2.45, 2.75) is 19.3 Å². The zero-order valence-corrected chi connectivity index (χ0v) is 16.0. The molecule has 0 aliphatic carbocycles. The summed E-state index contributed by atoms with van der Waals surface area (Å²) in [6, 6.07) is 0. The van der Waals surface area contributed by atoms with E-state index in [-0.39, 0.29) is 32.5 Å². The summed E-state index contributed by atoms with van der Waals surface area (Å²) in [6.07, 6.45) is -0.480. The number of quaternary nitrogens is 1. The second kappa shape index (κ2) is 12.2. The number of hydrogen-bond acceptors (Lipinski definition) is 10. The summed E-state index contributed by atoms with van der Waals surface area (Å²) in [5, 5.41) is 9.75. The summed E-state index contributed by atoms with van der Waals surface area (Å²) in [5.74, 6) is -2.58. The average molecular weight is 405 g/mol. The SMILES string of the molecule is O=C(CCOCCOCCOCCN1CCOCC1)O[N+]1(O)C(=O)CCC1=O. The molecule has 1 N–H and O–H groups in total. The average Bonchev–Trinajstić information content (AvgIpc) is 2.94. The third kappa shape index (κ3) is 7.51. The van der Waals surface area contributed by atoms with Crippen molar-refractivity contribution in [2.75, 3.05) is 72.5 Å². The molecule has 0 aromatic rings. The van der Waals surface area contributed by atoms with Crippen molar-refractivity contribution in [2.24, 2.45) is 0 Å². The fourth-order valence-electron chi connectivity index (χ4n) is 2.67. The van der Waals surface area contributed by atoms with E-state index in [0.717, 1.165) is 32.8 Å². The molecule has 2 rings (SSSR count). The molecular formula is C17H29N2O9+. The highest BCUT2D eigenvalue weighted by atomic mass is 17.0. The van der Waals surface area contributed by atoms with E-state index in [9.17, 15) is 19.6 Å². The molecular weight excluding hydrogens is 376 g/mol. The van der Waals surface area contributed by atoms with E-state index < -0.39 is 22.6 Å². The molecule has 2 heterocycles. The van der Waals surface area contributed by atoms with Crippen molar-refractivity contribution in [3.8, 4) is 0 Å². The van der Waals surface area contributed by atoms with Crippen LogP contribution in [0.5, 0.6) is 0 Å². The molecule has 0 unspecified atom stereocenters. The number of ether oxygens (including phenoxy) is 4. The monoisotopic (exact) mass is 405 g/mol. The summed E-state index contributed by atoms with van der Waals surface area (Å²) in [6.45, 7) is 6.56. The van der Waals surface area contributed by atoms with Gasteiger partial charge in [0.25, 0.3) is 0 Å². The third-order valence-electron chi connectivity index (χ3n) is 4.31. The van der Waals surface area contributed by atoms with Gasteiger partial charge in [-0.1, -0.05) is 0 Å². The van der Waals surface area contributed by atoms with Gasteiger partial charge in [-0.3, -0.25) is 4.90 Å². The maximum atomic E-state index is 11.6. The van der Waals surface area contributed by atoms with E-state index in [4.69, 9.17) is 18.9 Å². The Morgan fingerprint density at radius 3 is 2.07 bits per heavy atom. The predicted octanol–water partition coefficient (Wildman–Crippen LogP) is -0.730. The molecule has 0 radical (unpaired) electrons. The summed E-state index contributed by atoms with van der Waals surface area (Å²) in [4.78, 5) is 39.4. The molecule has 11 heteroatoms. The Morgan fingerprint density at radius 1 is 0.929 bits per heavy atom. The van der Waals surface area contributed by atoms with Crippen LogP contribution >= 0.6 is 0 Å². The first-order valence-corrected chi connectivity index (χ1v) is 9.47. The first-order valence-electron chi connectivity index (χ1n) is 9.47. The summed E-state index contributed by atoms with van der Waals surface area (Å²) in [7, 11) is 0. The number of nitrogens with zero attached hydrogens (tertiary/aromatic N) is 2. The van der Waals surface area contributed by atoms with Crippen molar-refractivity contribution < 1.29 is 48.2 Å². The molecule has 11 nitrogen and oxygen atoms in total. The van der Waals surface area contributed by atoms with Crippen molar-refractivity contribution in [3.05, 3.63) is 0 Å². The number of carbonyl (C=O) groups is 3. The smallest absolute Gasteiger partial charge is 0.379 e. The van der Waals surface area contributed by atoms with Gasteiger partial charge >= 0.3 is 17.8 Å². The van der Waals surface area contributed by atoms with Crippen LogP contribution in [-0.4, -0.2) is 105 Å². The maximum Gasteiger partial charge on any atom is 0.397 e. The molecule has 0 aromatic heterocycles. The number of amides is 2. The van der Waals surface area contributed by atoms with Gasteiger partial charge in [-0.2, -0.15) is 5.21 Å². The number of hydroxylamine groups is 4. The molecule has 28 heavy (non-hydrogen) atoms. The van der Waals surface area contributed by atoms with E-state index in [0.29, 0.717) is 26.4 Å². The van der Waals surface area contributed by atoms with Crippen molar-refractivity contribution in [3.63, 3.8) is 0 Å². The minimum atomic E-state index is -1.90. The lowest BCUT2D eigenvalue weighted by molar-refractivity contribution is -1.12. The first kappa shape index (κ1) is 22.8. The second-order valence-electron chi connectivity index (χ2n) is 6.37. The molecule has 2 saturated heterocycles. The number of morpholine rings is 1. The number of carbonyl (C=O) groups excluding carboxylic acids is 3. The van der Waals surface area contributed by atoms with Crippen LogP contribution in [0.3, 0.4) is 0 Å². The Balaban J connectivity index is 1.38. The Hall–Kier alpha value is -1.47. The Kier molecular flexibility index (Phi) is 9.92. The van der Waals surface area contributed by atoms with Crippen LogP contribution in [0.2, 0.25) is 0 Å². The Labute approximate surface area is 163 Å². The third-order valence-corrected chi connectivity index (χ3v) is 4.31. The van der Waals surface area contributed by atoms with Gasteiger partial charge in [0, 0.05) is 19.6 Å². The first-order chi connectivity index (χ1) is 13.5. The molecule has 2 amide bonds. The zero-order valence-electron chi connectivity index (χ0n) is 16.0. The highest BCUT2D eigenvalue weighted by Crippen LogP contribution is 2.20. The van der Waals surface area contributed by atoms with E-state index in [1.165, 1.54) is 0 Å². The van der Waals surface area contributed by atoms with Gasteiger partial charge in [0.1, 0.15) is 4.81 Å². The summed E-state index contributed by atoms with van der Waals surface area (Å²) >= 11 is 0. The quantitative estimate of drug-likeness (QED) is 0.182. The van der Waals surface area contributed by atoms with E-state index >= 15 is 0 Å². The summed E-state index contributed by atoms with van der Waals surface area (Å²) < 4.78 is 21.3. The molecule has 0 saturated carbocycles. The minimum absolute atomic E-state index is 0.0284. The minimum Gasteiger partial charge on any atom is -0.379 e. The van der Waals surface area contributed by atoms with Crippen LogP contribution in [0.1, 0.15) is 19.3 Å². The number of rotatable bonds is 13. The van der Waals surface area contributed by atoms with E-state index in [2.05, 4.69) is 9.74 Å². The Bertz CT molecular complexity index is 507. The standard InChI is InChI=1S/C17H29N2O9/c20-15-1-2-16(21)19(15,23)28-17(22)3-7-24-11-13-27-14-12-26-10-6-18-4-8-25-9-5-18/h23H,1-14H2/q+1. The van der Waals surface area contributed by atoms with Crippen molar-refractivity contribution in [1.82, 2.24) is 4.90 Å². The highest BCUT2D eigenvalue weighted by Gasteiger charge is 2.55. The lowest BCUT2D eigenvalue weighted by Crippen LogP contribution is -2.50. The van der Waals surface area contributed by atoms with Gasteiger partial charge in [0.05, 0.1) is 72.1 Å². The molecule has 2 aliphatic heterocycles. The van der Waals surface area contributed by atoms with Crippen molar-refractivity contribution in [1.29, 1.82) is 0 Å². The van der Waals surface area contributed by atoms with Gasteiger partial charge in [0.15, 0.2) is 0 Å². The Morgan fingerprint density at radius 2 is 1.46 bits per heavy atom. The van der Waals surface area contributed by atoms with Gasteiger partial charge in [-0.25, -0.2) is 19.2 Å². The fourth-order valence-corrected chi connectivity index (χ4v) is 2.67. The lowest BCUT2D eigenvalue weighted by Gasteiger charge is -2.26. The van der Waals surface area contributed by atoms with Gasteiger partial charge < -0.3 is 18.9 Å². The summed E-state index contributed by atoms with van der Waals surface area (Å²) in [5.41, 5.74) is 0. The highest BCUT2D eigenvalue weighted by molar-refractivity contribution is 5.91. The van der Waals surface area contributed by atoms with Crippen LogP contribution in [-0.2, 0) is 38.2 Å². The van der Waals surface area contributed by atoms with Crippen LogP contribution in [0, 0.1) is 0 Å². The van der Waals surface area contributed by atoms with Gasteiger partial charge in [0.2, 0.25) is 0 Å².